The summed E-state index contributed by atoms with van der Waals surface area (Å²) in [6.45, 7) is 3.59. The van der Waals surface area contributed by atoms with Crippen LogP contribution in [0.1, 0.15) is 42.5 Å². The van der Waals surface area contributed by atoms with Crippen LogP contribution in [0, 0.1) is 11.6 Å². The Labute approximate surface area is 152 Å². The van der Waals surface area contributed by atoms with Crippen LogP contribution in [-0.2, 0) is 4.79 Å². The van der Waals surface area contributed by atoms with E-state index in [-0.39, 0.29) is 24.1 Å². The molecule has 0 radical (unpaired) electrons. The Morgan fingerprint density at radius 1 is 1.00 bits per heavy atom. The monoisotopic (exact) mass is 365 g/mol. The Bertz CT molecular complexity index is 642. The van der Waals surface area contributed by atoms with Gasteiger partial charge in [0.2, 0.25) is 5.91 Å². The van der Waals surface area contributed by atoms with Gasteiger partial charge in [-0.15, -0.1) is 0 Å². The quantitative estimate of drug-likeness (QED) is 0.870. The molecule has 1 atom stereocenters. The van der Waals surface area contributed by atoms with Crippen molar-refractivity contribution in [1.29, 1.82) is 0 Å². The first-order valence-corrected chi connectivity index (χ1v) is 9.29. The molecule has 0 saturated carbocycles. The fourth-order valence-electron chi connectivity index (χ4n) is 3.84. The summed E-state index contributed by atoms with van der Waals surface area (Å²) in [6, 6.07) is 2.80. The molecule has 2 heterocycles. The van der Waals surface area contributed by atoms with Crippen molar-refractivity contribution in [2.24, 2.45) is 0 Å². The van der Waals surface area contributed by atoms with Crippen LogP contribution in [0.4, 0.5) is 8.78 Å². The van der Waals surface area contributed by atoms with Crippen molar-refractivity contribution < 1.29 is 18.4 Å². The molecule has 0 aliphatic carbocycles. The lowest BCUT2D eigenvalue weighted by Crippen LogP contribution is -2.47. The first-order chi connectivity index (χ1) is 12.5. The van der Waals surface area contributed by atoms with Crippen LogP contribution in [0.5, 0.6) is 0 Å². The maximum absolute atomic E-state index is 13.2. The molecule has 0 aromatic heterocycles. The molecule has 2 aliphatic rings. The molecule has 3 rings (SSSR count). The van der Waals surface area contributed by atoms with Gasteiger partial charge < -0.3 is 15.1 Å². The fourth-order valence-corrected chi connectivity index (χ4v) is 3.84. The Balaban J connectivity index is 1.52. The number of amides is 2. The van der Waals surface area contributed by atoms with Gasteiger partial charge in [0.15, 0.2) is 0 Å². The van der Waals surface area contributed by atoms with Crippen molar-refractivity contribution >= 4 is 11.8 Å². The highest BCUT2D eigenvalue weighted by molar-refractivity contribution is 5.96. The maximum atomic E-state index is 13.2. The fraction of sp³-hybridized carbons (Fsp3) is 0.579. The van der Waals surface area contributed by atoms with Gasteiger partial charge in [0.05, 0.1) is 6.54 Å². The Morgan fingerprint density at radius 3 is 2.38 bits per heavy atom. The number of hydrogen-bond donors (Lipinski definition) is 1. The molecule has 5 nitrogen and oxygen atoms in total. The van der Waals surface area contributed by atoms with E-state index in [2.05, 4.69) is 10.2 Å². The van der Waals surface area contributed by atoms with Crippen molar-refractivity contribution in [1.82, 2.24) is 15.1 Å². The zero-order valence-electron chi connectivity index (χ0n) is 14.8. The van der Waals surface area contributed by atoms with Crippen LogP contribution in [-0.4, -0.2) is 60.4 Å². The minimum absolute atomic E-state index is 0.124. The second kappa shape index (κ2) is 8.58. The molecule has 1 aromatic carbocycles. The van der Waals surface area contributed by atoms with E-state index in [4.69, 9.17) is 0 Å². The van der Waals surface area contributed by atoms with Gasteiger partial charge in [-0.2, -0.15) is 0 Å². The number of likely N-dealkylation sites (tertiary alicyclic amines) is 2. The van der Waals surface area contributed by atoms with Crippen molar-refractivity contribution in [3.63, 3.8) is 0 Å². The van der Waals surface area contributed by atoms with Gasteiger partial charge in [0.1, 0.15) is 11.6 Å². The topological polar surface area (TPSA) is 52.7 Å². The molecule has 1 N–H and O–H groups in total. The van der Waals surface area contributed by atoms with Gasteiger partial charge in [0, 0.05) is 30.8 Å². The van der Waals surface area contributed by atoms with E-state index >= 15 is 0 Å². The highest BCUT2D eigenvalue weighted by Gasteiger charge is 2.30. The van der Waals surface area contributed by atoms with Crippen LogP contribution in [0.2, 0.25) is 0 Å². The smallest absolute Gasteiger partial charge is 0.251 e. The van der Waals surface area contributed by atoms with Gasteiger partial charge in [-0.25, -0.2) is 8.78 Å². The summed E-state index contributed by atoms with van der Waals surface area (Å²) in [4.78, 5) is 28.8. The van der Waals surface area contributed by atoms with E-state index in [1.165, 1.54) is 19.3 Å². The van der Waals surface area contributed by atoms with Crippen molar-refractivity contribution in [2.75, 3.05) is 32.7 Å². The number of nitrogens with zero attached hydrogens (tertiary/aromatic N) is 2. The molecule has 142 valence electrons. The molecule has 1 unspecified atom stereocenters. The average Bonchev–Trinajstić information content (AvgIpc) is 3.07. The summed E-state index contributed by atoms with van der Waals surface area (Å²) in [7, 11) is 0. The highest BCUT2D eigenvalue weighted by Crippen LogP contribution is 2.20. The minimum atomic E-state index is -0.817. The third-order valence-electron chi connectivity index (χ3n) is 5.14. The second-order valence-corrected chi connectivity index (χ2v) is 7.09. The van der Waals surface area contributed by atoms with Gasteiger partial charge in [-0.05, 0) is 50.9 Å². The Kier molecular flexibility index (Phi) is 6.19. The van der Waals surface area contributed by atoms with Gasteiger partial charge >= 0.3 is 0 Å². The highest BCUT2D eigenvalue weighted by atomic mass is 19.1. The molecule has 0 spiro atoms. The molecule has 26 heavy (non-hydrogen) atoms. The van der Waals surface area contributed by atoms with E-state index in [1.807, 2.05) is 4.90 Å². The van der Waals surface area contributed by atoms with Crippen molar-refractivity contribution in [3.8, 4) is 0 Å². The number of benzene rings is 1. The van der Waals surface area contributed by atoms with Crippen LogP contribution >= 0.6 is 0 Å². The predicted octanol–water partition coefficient (Wildman–Crippen LogP) is 2.17. The van der Waals surface area contributed by atoms with Gasteiger partial charge in [-0.1, -0.05) is 6.42 Å². The zero-order chi connectivity index (χ0) is 18.5. The Hall–Kier alpha value is -2.02. The summed E-state index contributed by atoms with van der Waals surface area (Å²) in [5.74, 6) is -2.43. The van der Waals surface area contributed by atoms with Crippen LogP contribution < -0.4 is 5.32 Å². The number of carbonyl (C=O) groups is 2. The molecule has 1 aromatic rings. The number of hydrogen-bond acceptors (Lipinski definition) is 3. The minimum Gasteiger partial charge on any atom is -0.343 e. The molecule has 0 bridgehead atoms. The normalized spacial score (nSPS) is 21.0. The number of nitrogens with one attached hydrogen (secondary N) is 1. The lowest BCUT2D eigenvalue weighted by atomic mass is 10.1. The number of carbonyl (C=O) groups excluding carboxylic acids is 2. The summed E-state index contributed by atoms with van der Waals surface area (Å²) in [5.41, 5.74) is -0.124. The van der Waals surface area contributed by atoms with Gasteiger partial charge in [-0.3, -0.25) is 9.59 Å². The van der Waals surface area contributed by atoms with Gasteiger partial charge in [0.25, 0.3) is 5.91 Å². The molecule has 7 heteroatoms. The van der Waals surface area contributed by atoms with Crippen molar-refractivity contribution in [2.45, 2.75) is 38.1 Å². The number of rotatable bonds is 5. The van der Waals surface area contributed by atoms with E-state index in [1.54, 1.807) is 0 Å². The largest absolute Gasteiger partial charge is 0.343 e. The summed E-state index contributed by atoms with van der Waals surface area (Å²) in [5, 5.41) is 2.48. The first-order valence-electron chi connectivity index (χ1n) is 9.29. The molecular formula is C19H25F2N3O2. The van der Waals surface area contributed by atoms with E-state index < -0.39 is 17.5 Å². The van der Waals surface area contributed by atoms with Crippen molar-refractivity contribution in [3.05, 3.63) is 35.4 Å². The summed E-state index contributed by atoms with van der Waals surface area (Å²) in [6.07, 6.45) is 5.64. The summed E-state index contributed by atoms with van der Waals surface area (Å²) >= 11 is 0. The third-order valence-corrected chi connectivity index (χ3v) is 5.14. The number of halogens is 2. The molecule has 2 saturated heterocycles. The standard InChI is InChI=1S/C19H25F2N3O2/c20-15-9-14(10-16(21)11-15)19(26)22-12-18(25)24-8-4-5-17(24)13-23-6-2-1-3-7-23/h9-11,17H,1-8,12-13H2,(H,22,26). The summed E-state index contributed by atoms with van der Waals surface area (Å²) < 4.78 is 26.4. The van der Waals surface area contributed by atoms with E-state index in [0.717, 1.165) is 44.6 Å². The molecule has 2 amide bonds. The zero-order valence-corrected chi connectivity index (χ0v) is 14.8. The van der Waals surface area contributed by atoms with Crippen LogP contribution in [0.25, 0.3) is 0 Å². The molecule has 2 fully saturated rings. The van der Waals surface area contributed by atoms with Crippen LogP contribution in [0.15, 0.2) is 18.2 Å². The third kappa shape index (κ3) is 4.78. The van der Waals surface area contributed by atoms with E-state index in [9.17, 15) is 18.4 Å². The SMILES string of the molecule is O=C(NCC(=O)N1CCCC1CN1CCCCC1)c1cc(F)cc(F)c1. The lowest BCUT2D eigenvalue weighted by Gasteiger charge is -2.33. The van der Waals surface area contributed by atoms with E-state index in [0.29, 0.717) is 12.6 Å². The lowest BCUT2D eigenvalue weighted by molar-refractivity contribution is -0.131. The van der Waals surface area contributed by atoms with Crippen LogP contribution in [0.3, 0.4) is 0 Å². The molecule has 2 aliphatic heterocycles. The average molecular weight is 365 g/mol. The molecular weight excluding hydrogens is 340 g/mol. The predicted molar refractivity (Wildman–Crippen MR) is 93.7 cm³/mol. The maximum Gasteiger partial charge on any atom is 0.251 e. The number of piperidine rings is 1. The Morgan fingerprint density at radius 2 is 1.69 bits per heavy atom. The second-order valence-electron chi connectivity index (χ2n) is 7.09. The first kappa shape index (κ1) is 18.8.